The van der Waals surface area contributed by atoms with Gasteiger partial charge >= 0.3 is 6.03 Å². The fraction of sp³-hybridized carbons (Fsp3) is 0.133. The summed E-state index contributed by atoms with van der Waals surface area (Å²) in [5, 5.41) is 6.20. The van der Waals surface area contributed by atoms with Gasteiger partial charge in [0, 0.05) is 18.3 Å². The van der Waals surface area contributed by atoms with Gasteiger partial charge in [0.25, 0.3) is 0 Å². The lowest BCUT2D eigenvalue weighted by Crippen LogP contribution is -2.34. The molecule has 0 fully saturated rings. The van der Waals surface area contributed by atoms with E-state index in [2.05, 4.69) is 10.6 Å². The molecule has 2 aromatic carbocycles. The molecule has 1 unspecified atom stereocenters. The van der Waals surface area contributed by atoms with Crippen LogP contribution in [0.4, 0.5) is 10.5 Å². The van der Waals surface area contributed by atoms with E-state index in [0.29, 0.717) is 22.3 Å². The Labute approximate surface area is 133 Å². The first-order valence-corrected chi connectivity index (χ1v) is 7.12. The van der Waals surface area contributed by atoms with E-state index in [-0.39, 0.29) is 12.1 Å². The molecule has 0 saturated carbocycles. The smallest absolute Gasteiger partial charge is 0.319 e. The summed E-state index contributed by atoms with van der Waals surface area (Å²) in [7, 11) is 0. The highest BCUT2D eigenvalue weighted by Crippen LogP contribution is 2.24. The summed E-state index contributed by atoms with van der Waals surface area (Å²) >= 11 is 11.7. The molecule has 4 nitrogen and oxygen atoms in total. The molecule has 2 rings (SSSR count). The van der Waals surface area contributed by atoms with Crippen LogP contribution in [0.15, 0.2) is 48.5 Å². The van der Waals surface area contributed by atoms with Crippen LogP contribution in [-0.4, -0.2) is 12.6 Å². The summed E-state index contributed by atoms with van der Waals surface area (Å²) in [5.74, 6) is 0. The Morgan fingerprint density at radius 1 is 1.10 bits per heavy atom. The quantitative estimate of drug-likeness (QED) is 0.800. The van der Waals surface area contributed by atoms with Crippen molar-refractivity contribution in [3.05, 3.63) is 64.1 Å². The number of hydrogen-bond acceptors (Lipinski definition) is 2. The summed E-state index contributed by atoms with van der Waals surface area (Å²) in [5.41, 5.74) is 7.53. The Morgan fingerprint density at radius 2 is 1.81 bits per heavy atom. The van der Waals surface area contributed by atoms with E-state index in [0.717, 1.165) is 5.56 Å². The van der Waals surface area contributed by atoms with Crippen molar-refractivity contribution in [3.63, 3.8) is 0 Å². The first-order chi connectivity index (χ1) is 10.1. The summed E-state index contributed by atoms with van der Waals surface area (Å²) in [4.78, 5) is 11.8. The molecule has 0 bridgehead atoms. The number of carbonyl (C=O) groups excluding carboxylic acids is 1. The molecule has 0 heterocycles. The van der Waals surface area contributed by atoms with Gasteiger partial charge in [-0.15, -0.1) is 0 Å². The van der Waals surface area contributed by atoms with Crippen LogP contribution in [0.5, 0.6) is 0 Å². The van der Waals surface area contributed by atoms with Gasteiger partial charge in [0.15, 0.2) is 0 Å². The molecule has 1 atom stereocenters. The lowest BCUT2D eigenvalue weighted by Gasteiger charge is -2.14. The number of rotatable bonds is 4. The van der Waals surface area contributed by atoms with Gasteiger partial charge in [-0.3, -0.25) is 0 Å². The molecule has 0 radical (unpaired) electrons. The van der Waals surface area contributed by atoms with Crippen LogP contribution in [0.25, 0.3) is 0 Å². The van der Waals surface area contributed by atoms with Gasteiger partial charge in [0.2, 0.25) is 0 Å². The Hall–Kier alpha value is -1.75. The summed E-state index contributed by atoms with van der Waals surface area (Å²) in [6.45, 7) is 0.331. The first kappa shape index (κ1) is 15.6. The van der Waals surface area contributed by atoms with Crippen molar-refractivity contribution in [2.24, 2.45) is 5.73 Å². The molecular weight excluding hydrogens is 309 g/mol. The molecule has 110 valence electrons. The van der Waals surface area contributed by atoms with Crippen molar-refractivity contribution in [1.82, 2.24) is 5.32 Å². The van der Waals surface area contributed by atoms with E-state index in [1.165, 1.54) is 0 Å². The average molecular weight is 324 g/mol. The lowest BCUT2D eigenvalue weighted by atomic mass is 10.1. The Morgan fingerprint density at radius 3 is 2.48 bits per heavy atom. The molecule has 0 aromatic heterocycles. The van der Waals surface area contributed by atoms with Gasteiger partial charge in [0.1, 0.15) is 0 Å². The highest BCUT2D eigenvalue weighted by atomic mass is 35.5. The molecule has 0 aliphatic heterocycles. The minimum absolute atomic E-state index is 0.259. The minimum atomic E-state index is -0.347. The van der Waals surface area contributed by atoms with Crippen LogP contribution in [-0.2, 0) is 0 Å². The SMILES string of the molecule is NC(CNC(=O)Nc1ccc(Cl)c(Cl)c1)c1ccccc1. The predicted molar refractivity (Wildman–Crippen MR) is 86.9 cm³/mol. The van der Waals surface area contributed by atoms with Crippen LogP contribution in [0.1, 0.15) is 11.6 Å². The lowest BCUT2D eigenvalue weighted by molar-refractivity contribution is 0.251. The summed E-state index contributed by atoms with van der Waals surface area (Å²) in [6.07, 6.45) is 0. The second-order valence-electron chi connectivity index (χ2n) is 4.48. The largest absolute Gasteiger partial charge is 0.336 e. The number of benzene rings is 2. The summed E-state index contributed by atoms with van der Waals surface area (Å²) in [6, 6.07) is 13.8. The van der Waals surface area contributed by atoms with Gasteiger partial charge in [0.05, 0.1) is 10.0 Å². The molecule has 0 aliphatic carbocycles. The van der Waals surface area contributed by atoms with Crippen molar-refractivity contribution in [2.75, 3.05) is 11.9 Å². The van der Waals surface area contributed by atoms with E-state index in [1.54, 1.807) is 18.2 Å². The van der Waals surface area contributed by atoms with Crippen LogP contribution in [0.3, 0.4) is 0 Å². The van der Waals surface area contributed by atoms with Crippen LogP contribution >= 0.6 is 23.2 Å². The number of hydrogen-bond donors (Lipinski definition) is 3. The third-order valence-corrected chi connectivity index (χ3v) is 3.63. The van der Waals surface area contributed by atoms with E-state index in [9.17, 15) is 4.79 Å². The van der Waals surface area contributed by atoms with E-state index in [4.69, 9.17) is 28.9 Å². The number of nitrogens with two attached hydrogens (primary N) is 1. The molecule has 0 spiro atoms. The Kier molecular flexibility index (Phi) is 5.44. The maximum Gasteiger partial charge on any atom is 0.319 e. The van der Waals surface area contributed by atoms with E-state index >= 15 is 0 Å². The van der Waals surface area contributed by atoms with Gasteiger partial charge in [-0.2, -0.15) is 0 Å². The molecule has 6 heteroatoms. The third kappa shape index (κ3) is 4.63. The normalized spacial score (nSPS) is 11.8. The van der Waals surface area contributed by atoms with Crippen LogP contribution < -0.4 is 16.4 Å². The van der Waals surface area contributed by atoms with Gasteiger partial charge < -0.3 is 16.4 Å². The van der Waals surface area contributed by atoms with Crippen LogP contribution in [0, 0.1) is 0 Å². The number of urea groups is 1. The number of halogens is 2. The molecule has 4 N–H and O–H groups in total. The first-order valence-electron chi connectivity index (χ1n) is 6.36. The number of carbonyl (C=O) groups is 1. The van der Waals surface area contributed by atoms with Crippen LogP contribution in [0.2, 0.25) is 10.0 Å². The second-order valence-corrected chi connectivity index (χ2v) is 5.30. The van der Waals surface area contributed by atoms with Crippen molar-refractivity contribution in [2.45, 2.75) is 6.04 Å². The number of amides is 2. The zero-order chi connectivity index (χ0) is 15.2. The van der Waals surface area contributed by atoms with Crippen molar-refractivity contribution >= 4 is 34.9 Å². The van der Waals surface area contributed by atoms with Crippen molar-refractivity contribution < 1.29 is 4.79 Å². The van der Waals surface area contributed by atoms with E-state index in [1.807, 2.05) is 30.3 Å². The highest BCUT2D eigenvalue weighted by molar-refractivity contribution is 6.42. The fourth-order valence-electron chi connectivity index (χ4n) is 1.77. The third-order valence-electron chi connectivity index (χ3n) is 2.89. The van der Waals surface area contributed by atoms with Gasteiger partial charge in [-0.25, -0.2) is 4.79 Å². The van der Waals surface area contributed by atoms with Gasteiger partial charge in [-0.1, -0.05) is 53.5 Å². The standard InChI is InChI=1S/C15H15Cl2N3O/c16-12-7-6-11(8-13(12)17)20-15(21)19-9-14(18)10-4-2-1-3-5-10/h1-8,14H,9,18H2,(H2,19,20,21). The highest BCUT2D eigenvalue weighted by Gasteiger charge is 2.08. The summed E-state index contributed by atoms with van der Waals surface area (Å²) < 4.78 is 0. The zero-order valence-corrected chi connectivity index (χ0v) is 12.7. The molecule has 0 saturated heterocycles. The Bertz CT molecular complexity index is 620. The Balaban J connectivity index is 1.86. The van der Waals surface area contributed by atoms with Gasteiger partial charge in [-0.05, 0) is 23.8 Å². The topological polar surface area (TPSA) is 67.1 Å². The maximum atomic E-state index is 11.8. The molecule has 21 heavy (non-hydrogen) atoms. The second kappa shape index (κ2) is 7.31. The van der Waals surface area contributed by atoms with E-state index < -0.39 is 0 Å². The molecule has 2 aromatic rings. The average Bonchev–Trinajstić information content (AvgIpc) is 2.49. The number of nitrogens with one attached hydrogen (secondary N) is 2. The van der Waals surface area contributed by atoms with Crippen molar-refractivity contribution in [3.8, 4) is 0 Å². The molecule has 2 amide bonds. The molecule has 0 aliphatic rings. The monoisotopic (exact) mass is 323 g/mol. The van der Waals surface area contributed by atoms with Crippen molar-refractivity contribution in [1.29, 1.82) is 0 Å². The molecular formula is C15H15Cl2N3O. The minimum Gasteiger partial charge on any atom is -0.336 e. The maximum absolute atomic E-state index is 11.8. The zero-order valence-electron chi connectivity index (χ0n) is 11.1. The number of anilines is 1. The predicted octanol–water partition coefficient (Wildman–Crippen LogP) is 3.81. The fourth-order valence-corrected chi connectivity index (χ4v) is 2.07.